The summed E-state index contributed by atoms with van der Waals surface area (Å²) in [6.07, 6.45) is 0. The van der Waals surface area contributed by atoms with Gasteiger partial charge in [-0.05, 0) is 59.4 Å². The maximum atomic E-state index is 13.3. The zero-order valence-corrected chi connectivity index (χ0v) is 22.5. The molecule has 0 spiro atoms. The summed E-state index contributed by atoms with van der Waals surface area (Å²) in [5, 5.41) is 0.876. The molecule has 170 valence electrons. The maximum absolute atomic E-state index is 13.3. The Morgan fingerprint density at radius 3 is 1.94 bits per heavy atom. The number of carbonyl (C=O) groups is 1. The monoisotopic (exact) mass is 448 g/mol. The summed E-state index contributed by atoms with van der Waals surface area (Å²) in [6.45, 7) is 20.4. The van der Waals surface area contributed by atoms with Crippen molar-refractivity contribution in [2.75, 3.05) is 13.2 Å². The third kappa shape index (κ3) is 8.26. The van der Waals surface area contributed by atoms with E-state index in [1.54, 1.807) is 0 Å². The van der Waals surface area contributed by atoms with Crippen LogP contribution in [0.2, 0.25) is 0 Å². The number of benzene rings is 2. The van der Waals surface area contributed by atoms with E-state index in [0.29, 0.717) is 33.6 Å². The van der Waals surface area contributed by atoms with E-state index in [2.05, 4.69) is 60.6 Å². The van der Waals surface area contributed by atoms with E-state index >= 15 is 0 Å². The van der Waals surface area contributed by atoms with Crippen LogP contribution < -0.4 is 33.6 Å². The van der Waals surface area contributed by atoms with Crippen LogP contribution >= 0.6 is 8.58 Å². The van der Waals surface area contributed by atoms with Gasteiger partial charge in [0.05, 0.1) is 19.0 Å². The first kappa shape index (κ1) is 28.8. The fourth-order valence-electron chi connectivity index (χ4n) is 3.21. The second kappa shape index (κ2) is 12.3. The second-order valence-electron chi connectivity index (χ2n) is 10.2. The fraction of sp³-hybridized carbons (Fsp3) is 0.519. The largest absolute Gasteiger partial charge is 1.00 e. The summed E-state index contributed by atoms with van der Waals surface area (Å²) in [7, 11) is 0.619. The minimum Gasteiger partial charge on any atom is -0.496 e. The molecule has 0 N–H and O–H groups in total. The summed E-state index contributed by atoms with van der Waals surface area (Å²) in [5.74, 6) is 2.35. The van der Waals surface area contributed by atoms with Crippen molar-refractivity contribution in [1.29, 1.82) is 0 Å². The molecule has 0 amide bonds. The minimum absolute atomic E-state index is 0. The number of hydrogen-bond acceptors (Lipinski definition) is 3. The van der Waals surface area contributed by atoms with E-state index in [9.17, 15) is 4.79 Å². The van der Waals surface area contributed by atoms with Crippen LogP contribution in [0.5, 0.6) is 11.5 Å². The molecule has 3 nitrogen and oxygen atoms in total. The van der Waals surface area contributed by atoms with Crippen molar-refractivity contribution in [2.45, 2.75) is 67.7 Å². The zero-order valence-electron chi connectivity index (χ0n) is 21.6. The van der Waals surface area contributed by atoms with Gasteiger partial charge in [0.15, 0.2) is 0 Å². The second-order valence-corrected chi connectivity index (χ2v) is 11.3. The Kier molecular flexibility index (Phi) is 11.0. The van der Waals surface area contributed by atoms with Gasteiger partial charge in [0, 0.05) is 11.6 Å². The molecule has 0 saturated carbocycles. The van der Waals surface area contributed by atoms with Gasteiger partial charge in [-0.2, -0.15) is 5.30 Å². The Morgan fingerprint density at radius 2 is 1.44 bits per heavy atom. The molecule has 2 aromatic rings. The van der Waals surface area contributed by atoms with Gasteiger partial charge < -0.3 is 22.8 Å². The van der Waals surface area contributed by atoms with E-state index in [-0.39, 0.29) is 29.8 Å². The average molecular weight is 449 g/mol. The summed E-state index contributed by atoms with van der Waals surface area (Å²) in [6, 6.07) is 10.1. The number of carbonyl (C=O) groups excluding carboxylic acids is 1. The van der Waals surface area contributed by atoms with Crippen LogP contribution in [-0.4, -0.2) is 18.7 Å². The third-order valence-electron chi connectivity index (χ3n) is 4.92. The van der Waals surface area contributed by atoms with E-state index in [1.165, 1.54) is 5.56 Å². The van der Waals surface area contributed by atoms with Crippen molar-refractivity contribution in [3.05, 3.63) is 52.6 Å². The molecule has 0 aliphatic heterocycles. The molecule has 5 heteroatoms. The average Bonchev–Trinajstić information content (AvgIpc) is 2.64. The molecule has 0 aliphatic rings. The van der Waals surface area contributed by atoms with E-state index in [1.807, 2.05) is 32.0 Å². The van der Waals surface area contributed by atoms with Crippen molar-refractivity contribution >= 4 is 19.4 Å². The Bertz CT molecular complexity index is 891. The molecular weight excluding hydrogens is 410 g/mol. The molecule has 0 radical (unpaired) electrons. The molecule has 0 fully saturated rings. The molecule has 0 heterocycles. The fourth-order valence-corrected chi connectivity index (χ4v) is 4.28. The summed E-state index contributed by atoms with van der Waals surface area (Å²) >= 11 is 0. The predicted molar refractivity (Wildman–Crippen MR) is 133 cm³/mol. The maximum Gasteiger partial charge on any atom is 1.00 e. The van der Waals surface area contributed by atoms with E-state index in [4.69, 9.17) is 9.47 Å². The first-order valence-corrected chi connectivity index (χ1v) is 12.0. The van der Waals surface area contributed by atoms with E-state index in [0.717, 1.165) is 33.5 Å². The van der Waals surface area contributed by atoms with Crippen molar-refractivity contribution < 1.29 is 33.1 Å². The van der Waals surface area contributed by atoms with Gasteiger partial charge in [-0.25, -0.2) is 0 Å². The summed E-state index contributed by atoms with van der Waals surface area (Å²) in [5.41, 5.74) is 4.28. The molecule has 2 aromatic carbocycles. The molecule has 0 bridgehead atoms. The van der Waals surface area contributed by atoms with Gasteiger partial charge in [-0.1, -0.05) is 66.7 Å². The van der Waals surface area contributed by atoms with Crippen LogP contribution in [0, 0.1) is 25.7 Å². The van der Waals surface area contributed by atoms with Gasteiger partial charge in [-0.15, -0.1) is 0 Å². The molecule has 0 aromatic heterocycles. The standard InChI is InChI=1S/C27H38O3P.Li/c1-17(2)15-29-22-10-11-24(23(14-22)30-16-18(3)4)31-26(28)25-19(5)12-21(13-20(25)6)27(7,8)9;/h10-14,17-18H,15-16H2,1-9H3;/q-1;+1. The molecule has 0 saturated heterocycles. The van der Waals surface area contributed by atoms with Gasteiger partial charge >= 0.3 is 18.9 Å². The van der Waals surface area contributed by atoms with Gasteiger partial charge in [0.1, 0.15) is 5.75 Å². The Morgan fingerprint density at radius 1 is 0.906 bits per heavy atom. The van der Waals surface area contributed by atoms with Crippen molar-refractivity contribution in [3.63, 3.8) is 0 Å². The van der Waals surface area contributed by atoms with Crippen LogP contribution in [0.15, 0.2) is 30.3 Å². The number of ether oxygens (including phenoxy) is 2. The third-order valence-corrected chi connectivity index (χ3v) is 5.96. The molecule has 0 aliphatic carbocycles. The Balaban J connectivity index is 0.00000512. The molecule has 2 rings (SSSR count). The smallest absolute Gasteiger partial charge is 0.496 e. The van der Waals surface area contributed by atoms with Gasteiger partial charge in [0.2, 0.25) is 0 Å². The number of rotatable bonds is 9. The molecule has 32 heavy (non-hydrogen) atoms. The van der Waals surface area contributed by atoms with Crippen molar-refractivity contribution in [1.82, 2.24) is 0 Å². The van der Waals surface area contributed by atoms with Crippen LogP contribution in [0.4, 0.5) is 0 Å². The summed E-state index contributed by atoms with van der Waals surface area (Å²) < 4.78 is 11.9. The van der Waals surface area contributed by atoms with Crippen LogP contribution in [0.1, 0.15) is 75.5 Å². The van der Waals surface area contributed by atoms with Gasteiger partial charge in [-0.3, -0.25) is 0 Å². The molecule has 0 unspecified atom stereocenters. The topological polar surface area (TPSA) is 35.5 Å². The first-order chi connectivity index (χ1) is 14.4. The normalized spacial score (nSPS) is 11.8. The first-order valence-electron chi connectivity index (χ1n) is 11.2. The Hall–Kier alpha value is -1.26. The van der Waals surface area contributed by atoms with Crippen LogP contribution in [0.25, 0.3) is 0 Å². The van der Waals surface area contributed by atoms with E-state index < -0.39 is 0 Å². The number of aryl methyl sites for hydroxylation is 2. The number of hydrogen-bond donors (Lipinski definition) is 0. The Labute approximate surface area is 209 Å². The SMILES string of the molecule is Cc1cc(C(C)(C)C)cc(C)c1C(=O)[P-]c1ccc(OCC(C)C)cc1OCC(C)C.[Li+]. The van der Waals surface area contributed by atoms with Crippen LogP contribution in [-0.2, 0) is 5.41 Å². The van der Waals surface area contributed by atoms with Crippen LogP contribution in [0.3, 0.4) is 0 Å². The molecular formula is C27H38LiO3P. The van der Waals surface area contributed by atoms with Crippen molar-refractivity contribution in [2.24, 2.45) is 11.8 Å². The zero-order chi connectivity index (χ0) is 23.3. The quantitative estimate of drug-likeness (QED) is 0.428. The molecule has 0 atom stereocenters. The summed E-state index contributed by atoms with van der Waals surface area (Å²) in [4.78, 5) is 13.3. The van der Waals surface area contributed by atoms with Crippen molar-refractivity contribution in [3.8, 4) is 11.5 Å². The predicted octanol–water partition coefficient (Wildman–Crippen LogP) is 4.09. The minimum atomic E-state index is 0. The van der Waals surface area contributed by atoms with Gasteiger partial charge in [0.25, 0.3) is 0 Å².